The first-order valence-electron chi connectivity index (χ1n) is 0.500. The normalized spacial score (nSPS) is 4.80. The van der Waals surface area contributed by atoms with E-state index >= 15 is 0 Å². The van der Waals surface area contributed by atoms with Crippen molar-refractivity contribution in [2.75, 3.05) is 0 Å². The van der Waals surface area contributed by atoms with Crippen LogP contribution in [0.1, 0.15) is 0 Å². The monoisotopic (exact) mass is 104 g/mol. The van der Waals surface area contributed by atoms with E-state index in [1.54, 1.807) is 0 Å². The van der Waals surface area contributed by atoms with Crippen LogP contribution in [0.2, 0.25) is 0 Å². The van der Waals surface area contributed by atoms with E-state index in [1.807, 2.05) is 0 Å². The Morgan fingerprint density at radius 3 is 1.00 bits per heavy atom. The van der Waals surface area contributed by atoms with E-state index in [0.29, 0.717) is 0 Å². The zero-order chi connectivity index (χ0) is 3.58. The van der Waals surface area contributed by atoms with Crippen molar-refractivity contribution in [3.05, 3.63) is 0 Å². The van der Waals surface area contributed by atoms with Crippen molar-refractivity contribution >= 4 is 33.7 Å². The minimum atomic E-state index is -3.11. The van der Waals surface area contributed by atoms with E-state index in [9.17, 15) is 0 Å². The van der Waals surface area contributed by atoms with Gasteiger partial charge < -0.3 is 0 Å². The summed E-state index contributed by atoms with van der Waals surface area (Å²) in [5, 5.41) is 0. The highest BCUT2D eigenvalue weighted by molar-refractivity contribution is 7.59. The van der Waals surface area contributed by atoms with E-state index in [0.717, 1.165) is 0 Å². The number of hydrogen-bond donors (Lipinski definition) is 0. The van der Waals surface area contributed by atoms with E-state index in [-0.39, 0.29) is 23.1 Å². The Morgan fingerprint density at radius 1 is 1.00 bits per heavy atom. The predicted molar refractivity (Wildman–Crippen MR) is 15.5 cm³/mol. The van der Waals surface area contributed by atoms with Gasteiger partial charge in [0.1, 0.15) is 0 Å². The summed E-state index contributed by atoms with van der Waals surface area (Å²) in [4.78, 5) is 0. The Balaban J connectivity index is 0. The van der Waals surface area contributed by atoms with Crippen molar-refractivity contribution in [2.45, 2.75) is 0 Å². The molecule has 0 saturated carbocycles. The molecule has 0 fully saturated rings. The van der Waals surface area contributed by atoms with Crippen LogP contribution >= 0.6 is 0 Å². The van der Waals surface area contributed by atoms with Gasteiger partial charge in [-0.25, -0.2) is 0 Å². The molecular formula is MgO3S. The van der Waals surface area contributed by atoms with Crippen LogP contribution in [0, 0.1) is 0 Å². The SMILES string of the molecule is O=S(=O)=O.[Mg]. The van der Waals surface area contributed by atoms with E-state index in [4.69, 9.17) is 12.6 Å². The molecule has 0 aromatic rings. The summed E-state index contributed by atoms with van der Waals surface area (Å²) in [5.74, 6) is 0. The maximum absolute atomic E-state index is 8.44. The number of hydrogen-bond acceptors (Lipinski definition) is 3. The van der Waals surface area contributed by atoms with Crippen LogP contribution in [-0.2, 0) is 10.6 Å². The molecule has 0 unspecified atom stereocenters. The molecule has 0 aromatic carbocycles. The molecule has 0 bridgehead atoms. The van der Waals surface area contributed by atoms with E-state index in [2.05, 4.69) is 0 Å². The highest BCUT2D eigenvalue weighted by Crippen LogP contribution is 1.07. The average Bonchev–Trinajstić information content (AvgIpc) is 0.811. The van der Waals surface area contributed by atoms with Crippen LogP contribution in [0.4, 0.5) is 0 Å². The van der Waals surface area contributed by atoms with Gasteiger partial charge in [-0.05, 0) is 0 Å². The van der Waals surface area contributed by atoms with Gasteiger partial charge in [0.2, 0.25) is 0 Å². The van der Waals surface area contributed by atoms with Crippen molar-refractivity contribution in [3.8, 4) is 0 Å². The van der Waals surface area contributed by atoms with Gasteiger partial charge in [-0.3, -0.25) is 0 Å². The fraction of sp³-hybridized carbons (Fsp3) is 0. The molecule has 26 valence electrons. The zero-order valence-electron chi connectivity index (χ0n) is 2.34. The molecular weight excluding hydrogens is 104 g/mol. The minimum Gasteiger partial charge on any atom is -0.142 e. The Kier molecular flexibility index (Phi) is 7.93. The molecule has 0 aromatic heterocycles. The van der Waals surface area contributed by atoms with Gasteiger partial charge in [0.05, 0.1) is 0 Å². The van der Waals surface area contributed by atoms with Crippen LogP contribution in [0.5, 0.6) is 0 Å². The third-order valence-electron chi connectivity index (χ3n) is 0. The molecule has 0 amide bonds. The topological polar surface area (TPSA) is 51.2 Å². The summed E-state index contributed by atoms with van der Waals surface area (Å²) in [7, 11) is -3.11. The van der Waals surface area contributed by atoms with Crippen LogP contribution < -0.4 is 0 Å². The molecule has 0 heterocycles. The molecule has 0 N–H and O–H groups in total. The highest BCUT2D eigenvalue weighted by Gasteiger charge is 1.40. The molecule has 0 saturated heterocycles. The first kappa shape index (κ1) is 9.04. The Bertz CT molecular complexity index is 76.3. The van der Waals surface area contributed by atoms with Crippen LogP contribution in [0.3, 0.4) is 0 Å². The van der Waals surface area contributed by atoms with Gasteiger partial charge in [-0.15, -0.1) is 12.6 Å². The van der Waals surface area contributed by atoms with E-state index < -0.39 is 10.6 Å². The lowest BCUT2D eigenvalue weighted by Crippen LogP contribution is -1.40. The molecule has 5 heteroatoms. The third-order valence-corrected chi connectivity index (χ3v) is 0. The maximum Gasteiger partial charge on any atom is 0.425 e. The van der Waals surface area contributed by atoms with Crippen LogP contribution in [-0.4, -0.2) is 35.7 Å². The second-order valence-corrected chi connectivity index (χ2v) is 0.612. The van der Waals surface area contributed by atoms with Gasteiger partial charge in [0.15, 0.2) is 0 Å². The second-order valence-electron chi connectivity index (χ2n) is 0.204. The molecule has 0 spiro atoms. The van der Waals surface area contributed by atoms with Crippen molar-refractivity contribution in [1.29, 1.82) is 0 Å². The van der Waals surface area contributed by atoms with E-state index in [1.165, 1.54) is 0 Å². The first-order valence-corrected chi connectivity index (χ1v) is 1.50. The molecule has 0 aliphatic carbocycles. The van der Waals surface area contributed by atoms with Crippen molar-refractivity contribution in [2.24, 2.45) is 0 Å². The Morgan fingerprint density at radius 2 is 1.00 bits per heavy atom. The van der Waals surface area contributed by atoms with Gasteiger partial charge >= 0.3 is 10.6 Å². The van der Waals surface area contributed by atoms with Crippen molar-refractivity contribution in [3.63, 3.8) is 0 Å². The lowest BCUT2D eigenvalue weighted by molar-refractivity contribution is 0.559. The lowest BCUT2D eigenvalue weighted by atomic mass is 15.9. The largest absolute Gasteiger partial charge is 0.425 e. The molecule has 0 atom stereocenters. The molecule has 2 radical (unpaired) electrons. The highest BCUT2D eigenvalue weighted by atomic mass is 32.2. The quantitative estimate of drug-likeness (QED) is 0.356. The molecule has 5 heavy (non-hydrogen) atoms. The number of rotatable bonds is 0. The second kappa shape index (κ2) is 4.39. The molecule has 0 aliphatic heterocycles. The van der Waals surface area contributed by atoms with Crippen molar-refractivity contribution in [1.82, 2.24) is 0 Å². The lowest BCUT2D eigenvalue weighted by Gasteiger charge is -1.11. The zero-order valence-corrected chi connectivity index (χ0v) is 4.57. The summed E-state index contributed by atoms with van der Waals surface area (Å²) in [6.07, 6.45) is 0. The first-order chi connectivity index (χ1) is 1.73. The summed E-state index contributed by atoms with van der Waals surface area (Å²) < 4.78 is 25.3. The Hall–Kier alpha value is 0.386. The van der Waals surface area contributed by atoms with Crippen LogP contribution in [0.25, 0.3) is 0 Å². The Labute approximate surface area is 46.6 Å². The van der Waals surface area contributed by atoms with Crippen molar-refractivity contribution < 1.29 is 12.6 Å². The molecule has 0 rings (SSSR count). The molecule has 3 nitrogen and oxygen atoms in total. The smallest absolute Gasteiger partial charge is 0.142 e. The molecule has 0 aliphatic rings. The van der Waals surface area contributed by atoms with Crippen LogP contribution in [0.15, 0.2) is 0 Å². The standard InChI is InChI=1S/Mg.O3S/c;1-4(2)3. The summed E-state index contributed by atoms with van der Waals surface area (Å²) >= 11 is 0. The summed E-state index contributed by atoms with van der Waals surface area (Å²) in [6, 6.07) is 0. The fourth-order valence-corrected chi connectivity index (χ4v) is 0. The fourth-order valence-electron chi connectivity index (χ4n) is 0. The van der Waals surface area contributed by atoms with Gasteiger partial charge in [0.25, 0.3) is 0 Å². The summed E-state index contributed by atoms with van der Waals surface area (Å²) in [5.41, 5.74) is 0. The average molecular weight is 104 g/mol. The third kappa shape index (κ3) is 167. The summed E-state index contributed by atoms with van der Waals surface area (Å²) in [6.45, 7) is 0. The van der Waals surface area contributed by atoms with Gasteiger partial charge in [-0.1, -0.05) is 0 Å². The van der Waals surface area contributed by atoms with Gasteiger partial charge in [-0.2, -0.15) is 0 Å². The maximum atomic E-state index is 8.44. The van der Waals surface area contributed by atoms with Gasteiger partial charge in [0, 0.05) is 23.1 Å². The minimum absolute atomic E-state index is 0. The predicted octanol–water partition coefficient (Wildman–Crippen LogP) is -1.38.